The molecule has 0 unspecified atom stereocenters. The number of carbonyl (C=O) groups excluding carboxylic acids is 1. The van der Waals surface area contributed by atoms with Crippen LogP contribution in [0.5, 0.6) is 0 Å². The van der Waals surface area contributed by atoms with Gasteiger partial charge in [-0.2, -0.15) is 0 Å². The fourth-order valence-corrected chi connectivity index (χ4v) is 5.57. The fourth-order valence-electron chi connectivity index (χ4n) is 5.57. The van der Waals surface area contributed by atoms with Crippen molar-refractivity contribution in [2.45, 2.75) is 33.2 Å². The zero-order chi connectivity index (χ0) is 27.1. The third kappa shape index (κ3) is 4.38. The molecule has 2 heterocycles. The van der Waals surface area contributed by atoms with E-state index in [1.54, 1.807) is 6.07 Å². The average Bonchev–Trinajstić information content (AvgIpc) is 3.46. The second-order valence-electron chi connectivity index (χ2n) is 10.1. The van der Waals surface area contributed by atoms with Crippen molar-refractivity contribution >= 4 is 28.0 Å². The normalized spacial score (nSPS) is 11.5. The Hall–Kier alpha value is -4.71. The van der Waals surface area contributed by atoms with Gasteiger partial charge in [-0.15, -0.1) is 0 Å². The first-order valence-corrected chi connectivity index (χ1v) is 13.3. The van der Waals surface area contributed by atoms with Crippen molar-refractivity contribution in [2.75, 3.05) is 0 Å². The molecular weight excluding hydrogens is 482 g/mol. The van der Waals surface area contributed by atoms with Crippen LogP contribution in [0.2, 0.25) is 0 Å². The van der Waals surface area contributed by atoms with Crippen LogP contribution in [0.4, 0.5) is 0 Å². The molecule has 0 bridgehead atoms. The Kier molecular flexibility index (Phi) is 6.23. The van der Waals surface area contributed by atoms with Crippen LogP contribution in [0.3, 0.4) is 0 Å². The summed E-state index contributed by atoms with van der Waals surface area (Å²) in [5, 5.41) is 0. The topological polar surface area (TPSA) is 78.7 Å². The first-order valence-electron chi connectivity index (χ1n) is 13.3. The summed E-state index contributed by atoms with van der Waals surface area (Å²) in [5.74, 6) is 1.61. The molecule has 0 aliphatic carbocycles. The van der Waals surface area contributed by atoms with E-state index in [2.05, 4.69) is 78.6 Å². The van der Waals surface area contributed by atoms with Crippen LogP contribution in [0, 0.1) is 6.92 Å². The van der Waals surface area contributed by atoms with Crippen molar-refractivity contribution in [2.24, 2.45) is 12.8 Å². The number of hydrogen-bond donors (Lipinski definition) is 1. The van der Waals surface area contributed by atoms with Crippen molar-refractivity contribution in [3.8, 4) is 22.5 Å². The number of aromatic nitrogens is 4. The Morgan fingerprint density at radius 3 is 2.36 bits per heavy atom. The van der Waals surface area contributed by atoms with E-state index in [1.165, 1.54) is 11.1 Å². The molecule has 0 saturated heterocycles. The lowest BCUT2D eigenvalue weighted by molar-refractivity contribution is 0.100. The first kappa shape index (κ1) is 24.6. The van der Waals surface area contributed by atoms with Gasteiger partial charge in [-0.25, -0.2) is 9.97 Å². The van der Waals surface area contributed by atoms with Crippen molar-refractivity contribution in [1.82, 2.24) is 19.1 Å². The summed E-state index contributed by atoms with van der Waals surface area (Å²) in [4.78, 5) is 21.9. The molecule has 0 spiro atoms. The number of rotatable bonds is 7. The lowest BCUT2D eigenvalue weighted by Crippen LogP contribution is -2.12. The summed E-state index contributed by atoms with van der Waals surface area (Å²) in [6, 6.07) is 28.4. The Morgan fingerprint density at radius 2 is 1.62 bits per heavy atom. The third-order valence-corrected chi connectivity index (χ3v) is 7.43. The Bertz CT molecular complexity index is 1840. The van der Waals surface area contributed by atoms with Gasteiger partial charge in [0.1, 0.15) is 11.6 Å². The minimum atomic E-state index is -0.419. The van der Waals surface area contributed by atoms with Gasteiger partial charge in [-0.3, -0.25) is 4.79 Å². The predicted octanol–water partition coefficient (Wildman–Crippen LogP) is 6.67. The molecule has 6 heteroatoms. The number of para-hydroxylation sites is 2. The van der Waals surface area contributed by atoms with Crippen molar-refractivity contribution in [3.63, 3.8) is 0 Å². The Morgan fingerprint density at radius 1 is 0.872 bits per heavy atom. The number of primary amides is 1. The minimum absolute atomic E-state index is 0.419. The van der Waals surface area contributed by atoms with Gasteiger partial charge in [0.25, 0.3) is 0 Å². The molecule has 6 nitrogen and oxygen atoms in total. The number of hydrogen-bond acceptors (Lipinski definition) is 3. The summed E-state index contributed by atoms with van der Waals surface area (Å²) in [6.07, 6.45) is 1.92. The molecule has 194 valence electrons. The molecule has 0 radical (unpaired) electrons. The first-order chi connectivity index (χ1) is 18.9. The van der Waals surface area contributed by atoms with E-state index >= 15 is 0 Å². The molecule has 2 aromatic heterocycles. The second-order valence-corrected chi connectivity index (χ2v) is 10.1. The van der Waals surface area contributed by atoms with Gasteiger partial charge in [0, 0.05) is 31.1 Å². The summed E-state index contributed by atoms with van der Waals surface area (Å²) in [5.41, 5.74) is 15.6. The van der Waals surface area contributed by atoms with Gasteiger partial charge in [-0.05, 0) is 65.9 Å². The molecule has 4 aromatic carbocycles. The van der Waals surface area contributed by atoms with E-state index in [1.807, 2.05) is 30.3 Å². The molecule has 0 aliphatic heterocycles. The molecule has 0 aliphatic rings. The molecule has 1 amide bonds. The molecular formula is C33H31N5O. The number of nitrogens with two attached hydrogens (primary N) is 1. The maximum atomic E-state index is 11.9. The highest BCUT2D eigenvalue weighted by atomic mass is 16.1. The summed E-state index contributed by atoms with van der Waals surface area (Å²) in [7, 11) is 2.07. The average molecular weight is 514 g/mol. The molecule has 39 heavy (non-hydrogen) atoms. The number of amides is 1. The van der Waals surface area contributed by atoms with Crippen LogP contribution in [0.1, 0.15) is 40.7 Å². The fraction of sp³-hybridized carbons (Fsp3) is 0.182. The molecule has 0 atom stereocenters. The maximum Gasteiger partial charge on any atom is 0.249 e. The standard InChI is InChI=1S/C33H31N5O/c1-4-9-30-35-28-19-24(33-36-27-12-7-8-13-29(27)37(33)3)18-21(2)31(28)38(30)20-22-14-16-23(17-15-22)25-10-5-6-11-26(25)32(34)39/h5-8,10-19H,4,9,20H2,1-3H3,(H2,34,39). The molecule has 0 saturated carbocycles. The number of fused-ring (bicyclic) bond motifs is 2. The molecule has 2 N–H and O–H groups in total. The number of carbonyl (C=O) groups is 1. The zero-order valence-electron chi connectivity index (χ0n) is 22.5. The van der Waals surface area contributed by atoms with Gasteiger partial charge < -0.3 is 14.9 Å². The van der Waals surface area contributed by atoms with Crippen LogP contribution >= 0.6 is 0 Å². The highest BCUT2D eigenvalue weighted by molar-refractivity contribution is 5.99. The van der Waals surface area contributed by atoms with Crippen LogP contribution in [-0.4, -0.2) is 25.0 Å². The smallest absolute Gasteiger partial charge is 0.249 e. The number of benzene rings is 4. The Labute approximate surface area is 227 Å². The molecule has 0 fully saturated rings. The summed E-state index contributed by atoms with van der Waals surface area (Å²) >= 11 is 0. The molecule has 6 aromatic rings. The largest absolute Gasteiger partial charge is 0.366 e. The quantitative estimate of drug-likeness (QED) is 0.259. The van der Waals surface area contributed by atoms with E-state index in [-0.39, 0.29) is 0 Å². The van der Waals surface area contributed by atoms with Crippen molar-refractivity contribution in [1.29, 1.82) is 0 Å². The van der Waals surface area contributed by atoms with E-state index in [4.69, 9.17) is 15.7 Å². The maximum absolute atomic E-state index is 11.9. The molecule has 6 rings (SSSR count). The van der Waals surface area contributed by atoms with Gasteiger partial charge >= 0.3 is 0 Å². The van der Waals surface area contributed by atoms with E-state index < -0.39 is 5.91 Å². The number of aryl methyl sites for hydroxylation is 3. The van der Waals surface area contributed by atoms with Gasteiger partial charge in [0.05, 0.1) is 22.1 Å². The number of nitrogens with zero attached hydrogens (tertiary/aromatic N) is 4. The van der Waals surface area contributed by atoms with Crippen molar-refractivity contribution < 1.29 is 4.79 Å². The Balaban J connectivity index is 1.39. The minimum Gasteiger partial charge on any atom is -0.366 e. The lowest BCUT2D eigenvalue weighted by atomic mass is 9.98. The van der Waals surface area contributed by atoms with Crippen molar-refractivity contribution in [3.05, 3.63) is 107 Å². The summed E-state index contributed by atoms with van der Waals surface area (Å²) in [6.45, 7) is 5.06. The van der Waals surface area contributed by atoms with Gasteiger partial charge in [-0.1, -0.05) is 61.5 Å². The number of imidazole rings is 2. The lowest BCUT2D eigenvalue weighted by Gasteiger charge is -2.13. The van der Waals surface area contributed by atoms with Gasteiger partial charge in [0.15, 0.2) is 0 Å². The van der Waals surface area contributed by atoms with Gasteiger partial charge in [0.2, 0.25) is 5.91 Å². The monoisotopic (exact) mass is 513 g/mol. The van der Waals surface area contributed by atoms with Crippen LogP contribution in [0.15, 0.2) is 84.9 Å². The van der Waals surface area contributed by atoms with E-state index in [0.717, 1.165) is 69.8 Å². The highest BCUT2D eigenvalue weighted by Crippen LogP contribution is 2.31. The highest BCUT2D eigenvalue weighted by Gasteiger charge is 2.17. The zero-order valence-corrected chi connectivity index (χ0v) is 22.5. The van der Waals surface area contributed by atoms with E-state index in [0.29, 0.717) is 5.56 Å². The third-order valence-electron chi connectivity index (χ3n) is 7.43. The predicted molar refractivity (Wildman–Crippen MR) is 158 cm³/mol. The summed E-state index contributed by atoms with van der Waals surface area (Å²) < 4.78 is 4.50. The van der Waals surface area contributed by atoms with Crippen LogP contribution in [0.25, 0.3) is 44.6 Å². The SMILES string of the molecule is CCCc1nc2cc(-c3nc4ccccc4n3C)cc(C)c2n1Cc1ccc(-c2ccccc2C(N)=O)cc1. The van der Waals surface area contributed by atoms with Crippen LogP contribution in [-0.2, 0) is 20.0 Å². The van der Waals surface area contributed by atoms with Crippen LogP contribution < -0.4 is 5.73 Å². The van der Waals surface area contributed by atoms with E-state index in [9.17, 15) is 4.79 Å². The second kappa shape index (κ2) is 9.87.